The summed E-state index contributed by atoms with van der Waals surface area (Å²) >= 11 is 0. The van der Waals surface area contributed by atoms with Crippen molar-refractivity contribution >= 4 is 5.91 Å². The number of nitrogens with one attached hydrogen (secondary N) is 1. The molecule has 1 aromatic rings. The van der Waals surface area contributed by atoms with Crippen LogP contribution in [0.15, 0.2) is 30.3 Å². The van der Waals surface area contributed by atoms with E-state index in [0.717, 1.165) is 32.5 Å². The summed E-state index contributed by atoms with van der Waals surface area (Å²) in [5, 5.41) is 3.36. The average Bonchev–Trinajstić information content (AvgIpc) is 2.94. The molecule has 110 valence electrons. The zero-order valence-corrected chi connectivity index (χ0v) is 12.6. The molecule has 0 radical (unpaired) electrons. The minimum atomic E-state index is 0.314. The third kappa shape index (κ3) is 4.34. The van der Waals surface area contributed by atoms with Crippen LogP contribution in [0, 0.1) is 0 Å². The molecule has 0 spiro atoms. The van der Waals surface area contributed by atoms with Crippen molar-refractivity contribution in [2.75, 3.05) is 19.6 Å². The minimum absolute atomic E-state index is 0.314. The lowest BCUT2D eigenvalue weighted by Gasteiger charge is -2.17. The van der Waals surface area contributed by atoms with Crippen molar-refractivity contribution in [3.8, 4) is 0 Å². The van der Waals surface area contributed by atoms with Crippen LogP contribution >= 0.6 is 0 Å². The fourth-order valence-corrected chi connectivity index (χ4v) is 2.77. The van der Waals surface area contributed by atoms with Crippen LogP contribution in [0.3, 0.4) is 0 Å². The molecular weight excluding hydrogens is 248 g/mol. The smallest absolute Gasteiger partial charge is 0.222 e. The van der Waals surface area contributed by atoms with Gasteiger partial charge in [-0.05, 0) is 24.9 Å². The number of carbonyl (C=O) groups excluding carboxylic acids is 1. The van der Waals surface area contributed by atoms with Gasteiger partial charge in [-0.2, -0.15) is 0 Å². The summed E-state index contributed by atoms with van der Waals surface area (Å²) in [6, 6.07) is 11.0. The van der Waals surface area contributed by atoms with Crippen LogP contribution in [-0.2, 0) is 4.79 Å². The molecule has 3 heteroatoms. The van der Waals surface area contributed by atoms with E-state index in [2.05, 4.69) is 43.4 Å². The van der Waals surface area contributed by atoms with Gasteiger partial charge in [0.2, 0.25) is 5.91 Å². The van der Waals surface area contributed by atoms with Gasteiger partial charge in [-0.3, -0.25) is 4.79 Å². The number of likely N-dealkylation sites (tertiary alicyclic amines) is 1. The summed E-state index contributed by atoms with van der Waals surface area (Å²) in [6.45, 7) is 7.00. The summed E-state index contributed by atoms with van der Waals surface area (Å²) < 4.78 is 0. The molecule has 0 aliphatic carbocycles. The Kier molecular flexibility index (Phi) is 5.60. The number of hydrogen-bond donors (Lipinski definition) is 1. The second-order valence-corrected chi connectivity index (χ2v) is 5.95. The molecule has 1 heterocycles. The largest absolute Gasteiger partial charge is 0.342 e. The highest BCUT2D eigenvalue weighted by Crippen LogP contribution is 2.27. The van der Waals surface area contributed by atoms with Crippen LogP contribution in [0.2, 0.25) is 0 Å². The Morgan fingerprint density at radius 1 is 1.35 bits per heavy atom. The van der Waals surface area contributed by atoms with E-state index >= 15 is 0 Å². The van der Waals surface area contributed by atoms with Crippen LogP contribution in [0.5, 0.6) is 0 Å². The predicted octanol–water partition coefficient (Wildman–Crippen LogP) is 2.78. The predicted molar refractivity (Wildman–Crippen MR) is 82.8 cm³/mol. The Balaban J connectivity index is 1.74. The minimum Gasteiger partial charge on any atom is -0.342 e. The lowest BCUT2D eigenvalue weighted by Crippen LogP contribution is -2.30. The van der Waals surface area contributed by atoms with Crippen LogP contribution in [0.1, 0.15) is 44.6 Å². The number of rotatable bonds is 6. The Morgan fingerprint density at radius 3 is 2.80 bits per heavy atom. The van der Waals surface area contributed by atoms with E-state index in [1.165, 1.54) is 5.56 Å². The molecule has 1 N–H and O–H groups in total. The number of nitrogens with zero attached hydrogens (tertiary/aromatic N) is 1. The Hall–Kier alpha value is -1.35. The molecule has 1 fully saturated rings. The van der Waals surface area contributed by atoms with Crippen LogP contribution in [0.4, 0.5) is 0 Å². The number of amides is 1. The number of hydrogen-bond acceptors (Lipinski definition) is 2. The summed E-state index contributed by atoms with van der Waals surface area (Å²) in [5.74, 6) is 0.836. The van der Waals surface area contributed by atoms with Crippen molar-refractivity contribution in [2.45, 2.75) is 45.1 Å². The molecular formula is C17H26N2O. The normalized spacial score (nSPS) is 18.8. The van der Waals surface area contributed by atoms with Crippen molar-refractivity contribution < 1.29 is 4.79 Å². The maximum absolute atomic E-state index is 12.2. The van der Waals surface area contributed by atoms with Gasteiger partial charge < -0.3 is 10.2 Å². The molecule has 2 rings (SSSR count). The molecule has 0 saturated carbocycles. The summed E-state index contributed by atoms with van der Waals surface area (Å²) in [6.07, 6.45) is 2.70. The van der Waals surface area contributed by atoms with Crippen molar-refractivity contribution in [1.29, 1.82) is 0 Å². The van der Waals surface area contributed by atoms with E-state index < -0.39 is 0 Å². The Morgan fingerprint density at radius 2 is 2.10 bits per heavy atom. The van der Waals surface area contributed by atoms with Gasteiger partial charge in [-0.1, -0.05) is 44.2 Å². The molecule has 1 saturated heterocycles. The quantitative estimate of drug-likeness (QED) is 0.809. The van der Waals surface area contributed by atoms with Gasteiger partial charge in [-0.15, -0.1) is 0 Å². The molecule has 1 atom stereocenters. The highest BCUT2D eigenvalue weighted by molar-refractivity contribution is 5.76. The van der Waals surface area contributed by atoms with Gasteiger partial charge in [0.1, 0.15) is 0 Å². The third-order valence-corrected chi connectivity index (χ3v) is 3.93. The topological polar surface area (TPSA) is 32.3 Å². The second-order valence-electron chi connectivity index (χ2n) is 5.95. The summed E-state index contributed by atoms with van der Waals surface area (Å²) in [7, 11) is 0. The van der Waals surface area contributed by atoms with Crippen molar-refractivity contribution in [1.82, 2.24) is 10.2 Å². The fraction of sp³-hybridized carbons (Fsp3) is 0.588. The first-order valence-electron chi connectivity index (χ1n) is 7.73. The first-order chi connectivity index (χ1) is 9.66. The second kappa shape index (κ2) is 7.44. The lowest BCUT2D eigenvalue weighted by atomic mass is 9.99. The summed E-state index contributed by atoms with van der Waals surface area (Å²) in [4.78, 5) is 14.2. The Bertz CT molecular complexity index is 416. The SMILES string of the molecule is CC(C)NCCCC(=O)N1CCC(c2ccccc2)C1. The van der Waals surface area contributed by atoms with Gasteiger partial charge >= 0.3 is 0 Å². The van der Waals surface area contributed by atoms with Gasteiger partial charge in [-0.25, -0.2) is 0 Å². The molecule has 0 aromatic heterocycles. The van der Waals surface area contributed by atoms with Crippen LogP contribution in [0.25, 0.3) is 0 Å². The monoisotopic (exact) mass is 274 g/mol. The van der Waals surface area contributed by atoms with Gasteiger partial charge in [0, 0.05) is 31.5 Å². The molecule has 1 amide bonds. The average molecular weight is 274 g/mol. The van der Waals surface area contributed by atoms with Gasteiger partial charge in [0.15, 0.2) is 0 Å². The van der Waals surface area contributed by atoms with E-state index in [9.17, 15) is 4.79 Å². The lowest BCUT2D eigenvalue weighted by molar-refractivity contribution is -0.130. The van der Waals surface area contributed by atoms with Crippen molar-refractivity contribution in [3.63, 3.8) is 0 Å². The summed E-state index contributed by atoms with van der Waals surface area (Å²) in [5.41, 5.74) is 1.37. The standard InChI is InChI=1S/C17H26N2O/c1-14(2)18-11-6-9-17(20)19-12-10-16(13-19)15-7-4-3-5-8-15/h3-5,7-8,14,16,18H,6,9-13H2,1-2H3. The molecule has 1 aromatic carbocycles. The van der Waals surface area contributed by atoms with E-state index in [0.29, 0.717) is 24.3 Å². The van der Waals surface area contributed by atoms with E-state index in [-0.39, 0.29) is 0 Å². The number of carbonyl (C=O) groups is 1. The molecule has 20 heavy (non-hydrogen) atoms. The van der Waals surface area contributed by atoms with Gasteiger partial charge in [0.25, 0.3) is 0 Å². The van der Waals surface area contributed by atoms with Crippen LogP contribution < -0.4 is 5.32 Å². The molecule has 0 bridgehead atoms. The van der Waals surface area contributed by atoms with E-state index in [1.54, 1.807) is 0 Å². The van der Waals surface area contributed by atoms with Gasteiger partial charge in [0.05, 0.1) is 0 Å². The zero-order valence-electron chi connectivity index (χ0n) is 12.6. The van der Waals surface area contributed by atoms with E-state index in [1.807, 2.05) is 11.0 Å². The molecule has 1 unspecified atom stereocenters. The highest BCUT2D eigenvalue weighted by Gasteiger charge is 2.26. The third-order valence-electron chi connectivity index (χ3n) is 3.93. The Labute approximate surface area is 122 Å². The molecule has 1 aliphatic rings. The highest BCUT2D eigenvalue weighted by atomic mass is 16.2. The van der Waals surface area contributed by atoms with Crippen molar-refractivity contribution in [2.24, 2.45) is 0 Å². The first-order valence-corrected chi connectivity index (χ1v) is 7.73. The number of benzene rings is 1. The zero-order chi connectivity index (χ0) is 14.4. The maximum Gasteiger partial charge on any atom is 0.222 e. The maximum atomic E-state index is 12.2. The van der Waals surface area contributed by atoms with Crippen LogP contribution in [-0.4, -0.2) is 36.5 Å². The first kappa shape index (κ1) is 15.0. The van der Waals surface area contributed by atoms with Crippen molar-refractivity contribution in [3.05, 3.63) is 35.9 Å². The van der Waals surface area contributed by atoms with E-state index in [4.69, 9.17) is 0 Å². The molecule has 1 aliphatic heterocycles. The molecule has 3 nitrogen and oxygen atoms in total. The fourth-order valence-electron chi connectivity index (χ4n) is 2.77.